The molecule has 0 spiro atoms. The highest BCUT2D eigenvalue weighted by atomic mass is 35.5. The Kier molecular flexibility index (Phi) is 6.89. The minimum absolute atomic E-state index is 0.126. The lowest BCUT2D eigenvalue weighted by atomic mass is 9.98. The number of anilines is 1. The molecular weight excluding hydrogens is 500 g/mol. The summed E-state index contributed by atoms with van der Waals surface area (Å²) in [5, 5.41) is 10.2. The minimum atomic E-state index is -0.452. The van der Waals surface area contributed by atoms with Crippen molar-refractivity contribution in [3.63, 3.8) is 0 Å². The van der Waals surface area contributed by atoms with Gasteiger partial charge in [-0.25, -0.2) is 14.2 Å². The maximum atomic E-state index is 13.9. The molecule has 1 aliphatic heterocycles. The van der Waals surface area contributed by atoms with Crippen molar-refractivity contribution in [2.24, 2.45) is 5.10 Å². The van der Waals surface area contributed by atoms with Gasteiger partial charge in [0.1, 0.15) is 5.75 Å². The second kappa shape index (κ2) is 10.4. The molecule has 1 aliphatic rings. The summed E-state index contributed by atoms with van der Waals surface area (Å²) >= 11 is 12.1. The number of hydrazone groups is 1. The van der Waals surface area contributed by atoms with Gasteiger partial charge in [-0.05, 0) is 71.8 Å². The number of nitrogens with zero attached hydrogens (tertiary/aromatic N) is 2. The van der Waals surface area contributed by atoms with Crippen molar-refractivity contribution in [3.05, 3.63) is 124 Å². The highest BCUT2D eigenvalue weighted by Crippen LogP contribution is 2.34. The van der Waals surface area contributed by atoms with E-state index >= 15 is 0 Å². The number of halogens is 3. The maximum absolute atomic E-state index is 13.9. The summed E-state index contributed by atoms with van der Waals surface area (Å²) in [6.07, 6.45) is 0.534. The second-order valence-electron chi connectivity index (χ2n) is 8.16. The molecule has 0 fully saturated rings. The van der Waals surface area contributed by atoms with E-state index in [0.29, 0.717) is 27.9 Å². The van der Waals surface area contributed by atoms with Gasteiger partial charge in [-0.1, -0.05) is 59.6 Å². The molecule has 180 valence electrons. The van der Waals surface area contributed by atoms with Crippen molar-refractivity contribution < 1.29 is 13.9 Å². The molecule has 0 bridgehead atoms. The first-order valence-electron chi connectivity index (χ1n) is 11.2. The van der Waals surface area contributed by atoms with Crippen molar-refractivity contribution in [2.45, 2.75) is 12.5 Å². The number of nitrogens with one attached hydrogen (secondary N) is 1. The third-order valence-corrected chi connectivity index (χ3v) is 6.22. The molecule has 1 atom stereocenters. The molecule has 5 nitrogen and oxygen atoms in total. The fourth-order valence-corrected chi connectivity index (χ4v) is 4.15. The zero-order valence-electron chi connectivity index (χ0n) is 18.9. The first-order valence-corrected chi connectivity index (χ1v) is 11.9. The van der Waals surface area contributed by atoms with Gasteiger partial charge in [0.05, 0.1) is 11.8 Å². The molecule has 0 saturated carbocycles. The van der Waals surface area contributed by atoms with E-state index < -0.39 is 5.82 Å². The number of carbonyl (C=O) groups is 1. The Morgan fingerprint density at radius 2 is 1.53 bits per heavy atom. The quantitative estimate of drug-likeness (QED) is 0.288. The SMILES string of the molecule is O=C(Nc1ccc(Oc2ccccc2F)cc1)N1N=C(c2ccc(Cl)cc2)CC1c1ccc(Cl)cc1. The normalized spacial score (nSPS) is 14.9. The van der Waals surface area contributed by atoms with Crippen LogP contribution < -0.4 is 10.1 Å². The number of benzene rings is 4. The van der Waals surface area contributed by atoms with Crippen LogP contribution in [0.5, 0.6) is 11.5 Å². The second-order valence-corrected chi connectivity index (χ2v) is 9.03. The summed E-state index contributed by atoms with van der Waals surface area (Å²) in [5.74, 6) is 0.120. The number of hydrogen-bond donors (Lipinski definition) is 1. The van der Waals surface area contributed by atoms with E-state index in [0.717, 1.165) is 16.8 Å². The van der Waals surface area contributed by atoms with E-state index in [1.807, 2.05) is 24.3 Å². The minimum Gasteiger partial charge on any atom is -0.454 e. The van der Waals surface area contributed by atoms with E-state index in [4.69, 9.17) is 27.9 Å². The molecule has 4 aromatic carbocycles. The van der Waals surface area contributed by atoms with Crippen LogP contribution >= 0.6 is 23.2 Å². The Hall–Kier alpha value is -3.87. The largest absolute Gasteiger partial charge is 0.454 e. The standard InChI is InChI=1S/C28H20Cl2FN3O2/c29-20-9-5-18(6-10-20)25-17-26(19-7-11-21(30)12-8-19)34(33-25)28(35)32-22-13-15-23(16-14-22)36-27-4-2-1-3-24(27)31/h1-16,26H,17H2,(H,32,35). The van der Waals surface area contributed by atoms with Gasteiger partial charge in [-0.15, -0.1) is 0 Å². The van der Waals surface area contributed by atoms with Gasteiger partial charge in [-0.3, -0.25) is 0 Å². The summed E-state index contributed by atoms with van der Waals surface area (Å²) < 4.78 is 19.4. The van der Waals surface area contributed by atoms with Crippen LogP contribution in [0.1, 0.15) is 23.6 Å². The molecule has 4 aromatic rings. The van der Waals surface area contributed by atoms with Crippen LogP contribution in [0.4, 0.5) is 14.9 Å². The Morgan fingerprint density at radius 1 is 0.889 bits per heavy atom. The van der Waals surface area contributed by atoms with Gasteiger partial charge in [0, 0.05) is 22.2 Å². The Labute approximate surface area is 217 Å². The Morgan fingerprint density at radius 3 is 2.19 bits per heavy atom. The van der Waals surface area contributed by atoms with E-state index in [1.165, 1.54) is 11.1 Å². The Balaban J connectivity index is 1.35. The topological polar surface area (TPSA) is 53.9 Å². The first-order chi connectivity index (χ1) is 17.5. The van der Waals surface area contributed by atoms with Crippen molar-refractivity contribution in [3.8, 4) is 11.5 Å². The molecule has 2 amide bonds. The molecule has 8 heteroatoms. The predicted molar refractivity (Wildman–Crippen MR) is 141 cm³/mol. The van der Waals surface area contributed by atoms with E-state index in [9.17, 15) is 9.18 Å². The van der Waals surface area contributed by atoms with Crippen molar-refractivity contribution >= 4 is 40.6 Å². The third kappa shape index (κ3) is 5.35. The zero-order valence-corrected chi connectivity index (χ0v) is 20.4. The molecular formula is C28H20Cl2FN3O2. The van der Waals surface area contributed by atoms with Gasteiger partial charge in [0.15, 0.2) is 11.6 Å². The van der Waals surface area contributed by atoms with Gasteiger partial charge in [0.25, 0.3) is 0 Å². The molecule has 0 aliphatic carbocycles. The van der Waals surface area contributed by atoms with Gasteiger partial charge in [0.2, 0.25) is 0 Å². The van der Waals surface area contributed by atoms with Crippen LogP contribution in [-0.4, -0.2) is 16.8 Å². The van der Waals surface area contributed by atoms with Crippen LogP contribution in [0, 0.1) is 5.82 Å². The summed E-state index contributed by atoms with van der Waals surface area (Å²) in [6.45, 7) is 0. The van der Waals surface area contributed by atoms with Crippen LogP contribution in [0.15, 0.2) is 102 Å². The van der Waals surface area contributed by atoms with E-state index in [-0.39, 0.29) is 17.8 Å². The van der Waals surface area contributed by atoms with Crippen LogP contribution in [0.3, 0.4) is 0 Å². The number of urea groups is 1. The number of para-hydroxylation sites is 1. The lowest BCUT2D eigenvalue weighted by Crippen LogP contribution is -2.31. The lowest BCUT2D eigenvalue weighted by Gasteiger charge is -2.22. The maximum Gasteiger partial charge on any atom is 0.342 e. The summed E-state index contributed by atoms with van der Waals surface area (Å²) in [7, 11) is 0. The van der Waals surface area contributed by atoms with Gasteiger partial charge < -0.3 is 10.1 Å². The van der Waals surface area contributed by atoms with Gasteiger partial charge in [-0.2, -0.15) is 5.10 Å². The average molecular weight is 520 g/mol. The lowest BCUT2D eigenvalue weighted by molar-refractivity contribution is 0.200. The fraction of sp³-hybridized carbons (Fsp3) is 0.0714. The smallest absolute Gasteiger partial charge is 0.342 e. The summed E-state index contributed by atoms with van der Waals surface area (Å²) in [4.78, 5) is 13.3. The monoisotopic (exact) mass is 519 g/mol. The predicted octanol–water partition coefficient (Wildman–Crippen LogP) is 8.31. The van der Waals surface area contributed by atoms with Crippen LogP contribution in [0.2, 0.25) is 10.0 Å². The molecule has 1 unspecified atom stereocenters. The summed E-state index contributed by atoms with van der Waals surface area (Å²) in [5.41, 5.74) is 3.13. The number of carbonyl (C=O) groups excluding carboxylic acids is 1. The average Bonchev–Trinajstić information content (AvgIpc) is 3.33. The number of ether oxygens (including phenoxy) is 1. The van der Waals surface area contributed by atoms with E-state index in [1.54, 1.807) is 66.7 Å². The molecule has 0 saturated heterocycles. The highest BCUT2D eigenvalue weighted by Gasteiger charge is 2.33. The molecule has 0 aromatic heterocycles. The van der Waals surface area contributed by atoms with Crippen LogP contribution in [-0.2, 0) is 0 Å². The number of hydrogen-bond acceptors (Lipinski definition) is 3. The Bertz CT molecular complexity index is 1410. The number of rotatable bonds is 5. The molecule has 1 N–H and O–H groups in total. The third-order valence-electron chi connectivity index (χ3n) is 5.72. The molecule has 1 heterocycles. The van der Waals surface area contributed by atoms with Crippen molar-refractivity contribution in [1.29, 1.82) is 0 Å². The number of amides is 2. The fourth-order valence-electron chi connectivity index (χ4n) is 3.90. The van der Waals surface area contributed by atoms with Crippen molar-refractivity contribution in [2.75, 3.05) is 5.32 Å². The van der Waals surface area contributed by atoms with Crippen molar-refractivity contribution in [1.82, 2.24) is 5.01 Å². The highest BCUT2D eigenvalue weighted by molar-refractivity contribution is 6.31. The molecule has 36 heavy (non-hydrogen) atoms. The molecule has 5 rings (SSSR count). The van der Waals surface area contributed by atoms with E-state index in [2.05, 4.69) is 10.4 Å². The van der Waals surface area contributed by atoms with Crippen LogP contribution in [0.25, 0.3) is 0 Å². The first kappa shape index (κ1) is 23.9. The van der Waals surface area contributed by atoms with Gasteiger partial charge >= 0.3 is 6.03 Å². The molecule has 0 radical (unpaired) electrons. The summed E-state index contributed by atoms with van der Waals surface area (Å²) in [6, 6.07) is 26.9. The zero-order chi connectivity index (χ0) is 25.1.